The maximum absolute atomic E-state index is 4.35. The van der Waals surface area contributed by atoms with Crippen molar-refractivity contribution in [1.29, 1.82) is 0 Å². The Morgan fingerprint density at radius 1 is 1.20 bits per heavy atom. The fourth-order valence-electron chi connectivity index (χ4n) is 2.76. The Kier molecular flexibility index (Phi) is 4.94. The zero-order valence-corrected chi connectivity index (χ0v) is 13.2. The lowest BCUT2D eigenvalue weighted by molar-refractivity contribution is 0.0681. The molecule has 2 rings (SSSR count). The van der Waals surface area contributed by atoms with Gasteiger partial charge in [-0.2, -0.15) is 5.10 Å². The first-order valence-electron chi connectivity index (χ1n) is 7.49. The summed E-state index contributed by atoms with van der Waals surface area (Å²) in [6.07, 6.45) is 3.88. The van der Waals surface area contributed by atoms with Crippen LogP contribution in [0.3, 0.4) is 0 Å². The zero-order chi connectivity index (χ0) is 14.6. The minimum atomic E-state index is 0.318. The van der Waals surface area contributed by atoms with Crippen molar-refractivity contribution in [3.8, 4) is 0 Å². The normalized spacial score (nSPS) is 17.1. The van der Waals surface area contributed by atoms with Crippen LogP contribution < -0.4 is 10.2 Å². The van der Waals surface area contributed by atoms with E-state index >= 15 is 0 Å². The summed E-state index contributed by atoms with van der Waals surface area (Å²) in [6, 6.07) is 4.13. The molecule has 5 heteroatoms. The lowest BCUT2D eigenvalue weighted by Gasteiger charge is -2.49. The van der Waals surface area contributed by atoms with E-state index in [1.54, 1.807) is 0 Å². The third-order valence-corrected chi connectivity index (χ3v) is 4.42. The molecule has 0 atom stereocenters. The first-order chi connectivity index (χ1) is 9.57. The summed E-state index contributed by atoms with van der Waals surface area (Å²) in [6.45, 7) is 4.85. The fourth-order valence-corrected chi connectivity index (χ4v) is 2.76. The molecular weight excluding hydrogens is 250 g/mol. The number of hydrogen-bond acceptors (Lipinski definition) is 5. The van der Waals surface area contributed by atoms with Crippen molar-refractivity contribution in [2.75, 3.05) is 39.1 Å². The van der Waals surface area contributed by atoms with Gasteiger partial charge in [0.1, 0.15) is 0 Å². The highest BCUT2D eigenvalue weighted by molar-refractivity contribution is 5.37. The van der Waals surface area contributed by atoms with Crippen LogP contribution in [-0.4, -0.2) is 54.9 Å². The van der Waals surface area contributed by atoms with E-state index in [-0.39, 0.29) is 0 Å². The lowest BCUT2D eigenvalue weighted by Crippen LogP contribution is -2.56. The van der Waals surface area contributed by atoms with Crippen LogP contribution >= 0.6 is 0 Å². The van der Waals surface area contributed by atoms with E-state index in [1.807, 2.05) is 0 Å². The Labute approximate surface area is 122 Å². The number of rotatable bonds is 7. The summed E-state index contributed by atoms with van der Waals surface area (Å²) in [4.78, 5) is 4.59. The molecule has 5 nitrogen and oxygen atoms in total. The molecule has 0 aromatic carbocycles. The second-order valence-electron chi connectivity index (χ2n) is 5.99. The van der Waals surface area contributed by atoms with Gasteiger partial charge in [-0.05, 0) is 52.0 Å². The van der Waals surface area contributed by atoms with Crippen molar-refractivity contribution < 1.29 is 0 Å². The van der Waals surface area contributed by atoms with E-state index in [0.717, 1.165) is 31.1 Å². The molecule has 0 spiro atoms. The Morgan fingerprint density at radius 3 is 2.40 bits per heavy atom. The van der Waals surface area contributed by atoms with E-state index in [9.17, 15) is 0 Å². The number of hydrogen-bond donors (Lipinski definition) is 1. The molecule has 0 bridgehead atoms. The van der Waals surface area contributed by atoms with Crippen molar-refractivity contribution in [3.05, 3.63) is 17.8 Å². The van der Waals surface area contributed by atoms with Gasteiger partial charge in [0, 0.05) is 25.7 Å². The van der Waals surface area contributed by atoms with Crippen molar-refractivity contribution in [3.63, 3.8) is 0 Å². The molecule has 1 aliphatic rings. The van der Waals surface area contributed by atoms with E-state index in [1.165, 1.54) is 19.3 Å². The number of nitrogens with zero attached hydrogens (tertiary/aromatic N) is 4. The van der Waals surface area contributed by atoms with E-state index in [2.05, 4.69) is 65.5 Å². The number of nitrogens with one attached hydrogen (secondary N) is 1. The summed E-state index contributed by atoms with van der Waals surface area (Å²) < 4.78 is 0. The molecule has 0 amide bonds. The Balaban J connectivity index is 1.96. The molecule has 0 saturated heterocycles. The van der Waals surface area contributed by atoms with Gasteiger partial charge >= 0.3 is 0 Å². The fraction of sp³-hybridized carbons (Fsp3) is 0.733. The Hall–Kier alpha value is -1.20. The number of anilines is 1. The minimum Gasteiger partial charge on any atom is -0.356 e. The van der Waals surface area contributed by atoms with Gasteiger partial charge in [0.2, 0.25) is 0 Å². The van der Waals surface area contributed by atoms with Crippen LogP contribution in [0, 0.1) is 0 Å². The van der Waals surface area contributed by atoms with Crippen molar-refractivity contribution in [1.82, 2.24) is 20.4 Å². The molecule has 1 aliphatic carbocycles. The molecule has 1 fully saturated rings. The second kappa shape index (κ2) is 6.50. The molecule has 1 N–H and O–H groups in total. The molecule has 0 unspecified atom stereocenters. The van der Waals surface area contributed by atoms with Gasteiger partial charge in [-0.25, -0.2) is 0 Å². The van der Waals surface area contributed by atoms with Gasteiger partial charge in [-0.1, -0.05) is 6.92 Å². The maximum atomic E-state index is 4.35. The van der Waals surface area contributed by atoms with E-state index in [4.69, 9.17) is 0 Å². The quantitative estimate of drug-likeness (QED) is 0.818. The van der Waals surface area contributed by atoms with Crippen LogP contribution in [0.5, 0.6) is 0 Å². The summed E-state index contributed by atoms with van der Waals surface area (Å²) in [5, 5.41) is 11.9. The first kappa shape index (κ1) is 15.2. The van der Waals surface area contributed by atoms with Gasteiger partial charge in [-0.3, -0.25) is 0 Å². The summed E-state index contributed by atoms with van der Waals surface area (Å²) >= 11 is 0. The first-order valence-corrected chi connectivity index (χ1v) is 7.49. The monoisotopic (exact) mass is 277 g/mol. The highest BCUT2D eigenvalue weighted by atomic mass is 15.3. The highest BCUT2D eigenvalue weighted by Crippen LogP contribution is 2.37. The van der Waals surface area contributed by atoms with Crippen LogP contribution in [0.2, 0.25) is 0 Å². The highest BCUT2D eigenvalue weighted by Gasteiger charge is 2.40. The van der Waals surface area contributed by atoms with Crippen LogP contribution in [0.4, 0.5) is 5.82 Å². The molecule has 20 heavy (non-hydrogen) atoms. The molecule has 112 valence electrons. The Morgan fingerprint density at radius 2 is 1.95 bits per heavy atom. The molecule has 1 aromatic heterocycles. The molecular formula is C15H27N5. The second-order valence-corrected chi connectivity index (χ2v) is 5.99. The summed E-state index contributed by atoms with van der Waals surface area (Å²) in [5.41, 5.74) is 1.31. The standard InChI is InChI=1S/C15H27N5/c1-5-16-11-13-7-8-14(18-17-13)20(4)12-15(19(2)3)9-6-10-15/h7-8,16H,5-6,9-12H2,1-4H3. The number of likely N-dealkylation sites (N-methyl/N-ethyl adjacent to an activating group) is 2. The van der Waals surface area contributed by atoms with E-state index in [0.29, 0.717) is 5.54 Å². The summed E-state index contributed by atoms with van der Waals surface area (Å²) in [5.74, 6) is 0.957. The van der Waals surface area contributed by atoms with Crippen molar-refractivity contribution in [2.24, 2.45) is 0 Å². The maximum Gasteiger partial charge on any atom is 0.151 e. The molecule has 0 aliphatic heterocycles. The minimum absolute atomic E-state index is 0.318. The van der Waals surface area contributed by atoms with Gasteiger partial charge in [0.05, 0.1) is 5.69 Å². The average Bonchev–Trinajstić information content (AvgIpc) is 2.40. The predicted molar refractivity (Wildman–Crippen MR) is 83.0 cm³/mol. The zero-order valence-electron chi connectivity index (χ0n) is 13.2. The van der Waals surface area contributed by atoms with Crippen LogP contribution in [-0.2, 0) is 6.54 Å². The third-order valence-electron chi connectivity index (χ3n) is 4.42. The molecule has 1 saturated carbocycles. The summed E-state index contributed by atoms with van der Waals surface area (Å²) in [7, 11) is 6.47. The topological polar surface area (TPSA) is 44.3 Å². The van der Waals surface area contributed by atoms with Gasteiger partial charge < -0.3 is 15.1 Å². The van der Waals surface area contributed by atoms with Gasteiger partial charge in [0.25, 0.3) is 0 Å². The average molecular weight is 277 g/mol. The van der Waals surface area contributed by atoms with Crippen LogP contribution in [0.25, 0.3) is 0 Å². The van der Waals surface area contributed by atoms with Gasteiger partial charge in [0.15, 0.2) is 5.82 Å². The van der Waals surface area contributed by atoms with Crippen molar-refractivity contribution >= 4 is 5.82 Å². The van der Waals surface area contributed by atoms with Crippen LogP contribution in [0.15, 0.2) is 12.1 Å². The smallest absolute Gasteiger partial charge is 0.151 e. The van der Waals surface area contributed by atoms with Crippen LogP contribution in [0.1, 0.15) is 31.9 Å². The molecule has 1 aromatic rings. The van der Waals surface area contributed by atoms with Crippen molar-refractivity contribution in [2.45, 2.75) is 38.3 Å². The van der Waals surface area contributed by atoms with Gasteiger partial charge in [-0.15, -0.1) is 5.10 Å². The largest absolute Gasteiger partial charge is 0.356 e. The molecule has 1 heterocycles. The lowest BCUT2D eigenvalue weighted by atomic mass is 9.75. The third kappa shape index (κ3) is 3.27. The Bertz CT molecular complexity index is 411. The SMILES string of the molecule is CCNCc1ccc(N(C)CC2(N(C)C)CCC2)nn1. The predicted octanol–water partition coefficient (Wildman–Crippen LogP) is 1.51. The number of aromatic nitrogens is 2. The molecule has 0 radical (unpaired) electrons. The van der Waals surface area contributed by atoms with E-state index < -0.39 is 0 Å².